The molecule has 0 radical (unpaired) electrons. The van der Waals surface area contributed by atoms with Crippen molar-refractivity contribution in [2.24, 2.45) is 17.8 Å². The molecule has 2 aliphatic carbocycles. The predicted octanol–water partition coefficient (Wildman–Crippen LogP) is 4.64. The number of anilines is 1. The summed E-state index contributed by atoms with van der Waals surface area (Å²) in [5, 5.41) is 14.9. The van der Waals surface area contributed by atoms with E-state index in [4.69, 9.17) is 14.5 Å². The number of nitrogens with one attached hydrogen (secondary N) is 2. The molecule has 4 amide bonds. The smallest absolute Gasteiger partial charge is 0.408 e. The molecule has 4 aliphatic rings. The van der Waals surface area contributed by atoms with Gasteiger partial charge in [-0.2, -0.15) is 4.98 Å². The zero-order valence-corrected chi connectivity index (χ0v) is 35.4. The van der Waals surface area contributed by atoms with E-state index in [1.54, 1.807) is 46.1 Å². The largest absolute Gasteiger partial charge is 0.497 e. The lowest BCUT2D eigenvalue weighted by atomic mass is 9.85. The Morgan fingerprint density at radius 2 is 1.84 bits per heavy atom. The van der Waals surface area contributed by atoms with Crippen LogP contribution in [0.2, 0.25) is 0 Å². The molecule has 2 saturated carbocycles. The molecule has 3 fully saturated rings. The van der Waals surface area contributed by atoms with Gasteiger partial charge in [-0.1, -0.05) is 26.0 Å². The number of hydrogen-bond donors (Lipinski definition) is 3. The maximum Gasteiger partial charge on any atom is 0.408 e. The van der Waals surface area contributed by atoms with Gasteiger partial charge in [0.2, 0.25) is 27.7 Å². The number of fused-ring (bicyclic) bond motifs is 3. The van der Waals surface area contributed by atoms with Crippen LogP contribution in [-0.2, 0) is 24.4 Å². The van der Waals surface area contributed by atoms with Gasteiger partial charge in [0.05, 0.1) is 13.7 Å². The average Bonchev–Trinajstić information content (AvgIpc) is 4.05. The number of aromatic nitrogens is 1. The van der Waals surface area contributed by atoms with Gasteiger partial charge >= 0.3 is 6.09 Å². The van der Waals surface area contributed by atoms with E-state index in [0.29, 0.717) is 36.2 Å². The van der Waals surface area contributed by atoms with Crippen LogP contribution in [0, 0.1) is 17.8 Å². The molecule has 318 valence electrons. The number of halogens is 1. The molecular weight excluding hydrogens is 772 g/mol. The third-order valence-electron chi connectivity index (χ3n) is 12.2. The maximum atomic E-state index is 15.1. The van der Waals surface area contributed by atoms with Crippen molar-refractivity contribution in [3.8, 4) is 11.6 Å². The Hall–Kier alpha value is -4.67. The van der Waals surface area contributed by atoms with E-state index >= 15 is 4.79 Å². The molecule has 3 N–H and O–H groups in total. The number of allylic oxidation sites excluding steroid dienone is 1. The number of ether oxygens (including phenoxy) is 2. The van der Waals surface area contributed by atoms with Gasteiger partial charge in [-0.3, -0.25) is 24.0 Å². The van der Waals surface area contributed by atoms with Crippen molar-refractivity contribution in [3.63, 3.8) is 0 Å². The molecule has 0 unspecified atom stereocenters. The van der Waals surface area contributed by atoms with Crippen molar-refractivity contribution in [3.05, 3.63) is 36.4 Å². The zero-order valence-electron chi connectivity index (χ0n) is 34.6. The molecule has 17 heteroatoms. The molecule has 58 heavy (non-hydrogen) atoms. The van der Waals surface area contributed by atoms with Gasteiger partial charge < -0.3 is 29.7 Å². The van der Waals surface area contributed by atoms with Crippen LogP contribution in [0.25, 0.3) is 10.8 Å². The summed E-state index contributed by atoms with van der Waals surface area (Å²) in [6.45, 7) is 7.77. The summed E-state index contributed by atoms with van der Waals surface area (Å²) >= 11 is 0. The first kappa shape index (κ1) is 42.9. The molecule has 1 saturated heterocycles. The van der Waals surface area contributed by atoms with Crippen molar-refractivity contribution in [1.82, 2.24) is 24.8 Å². The lowest BCUT2D eigenvalue weighted by Gasteiger charge is -2.43. The average molecular weight is 829 g/mol. The van der Waals surface area contributed by atoms with Gasteiger partial charge in [0.15, 0.2) is 0 Å². The summed E-state index contributed by atoms with van der Waals surface area (Å²) in [5.74, 6) is -1.81. The monoisotopic (exact) mass is 828 g/mol. The molecule has 2 aliphatic heterocycles. The summed E-state index contributed by atoms with van der Waals surface area (Å²) in [6, 6.07) is 4.86. The van der Waals surface area contributed by atoms with E-state index in [2.05, 4.69) is 10.0 Å². The summed E-state index contributed by atoms with van der Waals surface area (Å²) in [7, 11) is 0.818. The summed E-state index contributed by atoms with van der Waals surface area (Å²) < 4.78 is 52.8. The number of methoxy groups -OCH3 is 1. The van der Waals surface area contributed by atoms with Crippen LogP contribution in [0.1, 0.15) is 79.6 Å². The molecule has 7 atom stereocenters. The Kier molecular flexibility index (Phi) is 11.7. The van der Waals surface area contributed by atoms with Crippen molar-refractivity contribution in [2.45, 2.75) is 114 Å². The van der Waals surface area contributed by atoms with Crippen LogP contribution in [0.5, 0.6) is 11.6 Å². The molecule has 1 aromatic heterocycles. The van der Waals surface area contributed by atoms with Gasteiger partial charge in [0.25, 0.3) is 5.91 Å². The molecule has 1 aromatic carbocycles. The van der Waals surface area contributed by atoms with E-state index in [9.17, 15) is 32.3 Å². The number of pyridine rings is 1. The van der Waals surface area contributed by atoms with Gasteiger partial charge in [0.1, 0.15) is 46.7 Å². The van der Waals surface area contributed by atoms with Crippen molar-refractivity contribution in [1.29, 1.82) is 0 Å². The highest BCUT2D eigenvalue weighted by Gasteiger charge is 2.64. The van der Waals surface area contributed by atoms with Crippen LogP contribution in [-0.4, -0.2) is 121 Å². The van der Waals surface area contributed by atoms with Crippen LogP contribution >= 0.6 is 0 Å². The lowest BCUT2D eigenvalue weighted by Crippen LogP contribution is -2.62. The van der Waals surface area contributed by atoms with Crippen LogP contribution in [0.15, 0.2) is 36.4 Å². The highest BCUT2D eigenvalue weighted by Crippen LogP contribution is 2.48. The third-order valence-corrected chi connectivity index (χ3v) is 14.3. The molecular formula is C41H57FN6O9S. The highest BCUT2D eigenvalue weighted by atomic mass is 32.2. The SMILES string of the molecule is COc1ccc2c(O[C@@H]3C[C@H]4C(=O)N[C@]5(C(=O)NS(=O)(=O)C6(CF)CC6)C[C@H]5/C=C\CC[C@@H](C)C[C@@H](C)[C@H](N(C(=O)O)C(C)(C)C)C(=O)N4C3)nc(N(C)C)cc2c1. The minimum atomic E-state index is -4.41. The number of benzene rings is 1. The lowest BCUT2D eigenvalue weighted by molar-refractivity contribution is -0.146. The topological polar surface area (TPSA) is 188 Å². The first-order valence-electron chi connectivity index (χ1n) is 19.9. The van der Waals surface area contributed by atoms with Gasteiger partial charge in [-0.25, -0.2) is 17.6 Å². The van der Waals surface area contributed by atoms with Gasteiger partial charge in [0, 0.05) is 37.4 Å². The predicted molar refractivity (Wildman–Crippen MR) is 216 cm³/mol. The van der Waals surface area contributed by atoms with Crippen LogP contribution in [0.4, 0.5) is 15.0 Å². The van der Waals surface area contributed by atoms with E-state index < -0.39 is 86.4 Å². The third kappa shape index (κ3) is 8.28. The summed E-state index contributed by atoms with van der Waals surface area (Å²) in [5.41, 5.74) is -2.69. The molecule has 3 heterocycles. The van der Waals surface area contributed by atoms with E-state index in [1.807, 2.05) is 51.1 Å². The first-order valence-corrected chi connectivity index (χ1v) is 21.4. The Labute approximate surface area is 339 Å². The molecule has 0 bridgehead atoms. The van der Waals surface area contributed by atoms with Crippen LogP contribution < -0.4 is 24.4 Å². The Bertz CT molecular complexity index is 2090. The fraction of sp³-hybridized carbons (Fsp3) is 0.634. The number of carbonyl (C=O) groups excluding carboxylic acids is 3. The fourth-order valence-electron chi connectivity index (χ4n) is 8.51. The van der Waals surface area contributed by atoms with Gasteiger partial charge in [-0.15, -0.1) is 0 Å². The number of hydrogen-bond acceptors (Lipinski definition) is 10. The van der Waals surface area contributed by atoms with Crippen molar-refractivity contribution in [2.75, 3.05) is 39.3 Å². The second kappa shape index (κ2) is 15.8. The Morgan fingerprint density at radius 3 is 2.45 bits per heavy atom. The molecule has 0 spiro atoms. The molecule has 15 nitrogen and oxygen atoms in total. The maximum absolute atomic E-state index is 15.1. The number of carboxylic acid groups (broad SMARTS) is 1. The minimum absolute atomic E-state index is 0.0509. The van der Waals surface area contributed by atoms with Crippen molar-refractivity contribution < 1.29 is 46.6 Å². The number of carbonyl (C=O) groups is 4. The van der Waals surface area contributed by atoms with E-state index in [1.165, 1.54) is 4.90 Å². The standard InChI is InChI=1S/C41H57FN6O9S/c1-24-11-9-10-12-27-21-41(27,37(51)45-58(54,55)40(23-42)15-16-40)44-34(49)31-20-29(22-47(31)36(50)33(25(2)17-24)48(38(52)53)39(3,4)5)57-35-30-14-13-28(56-8)18-26(30)19-32(43-35)46(6)7/h10,12-14,18-19,24-25,27,29,31,33H,9,11,15-17,20-23H2,1-8H3,(H,44,49)(H,45,51)(H,52,53)/b12-10-/t24-,25-,27-,29-,31+,33+,41-/m1/s1. The Balaban J connectivity index is 1.42. The summed E-state index contributed by atoms with van der Waals surface area (Å²) in [4.78, 5) is 65.9. The quantitative estimate of drug-likeness (QED) is 0.299. The fourth-order valence-corrected chi connectivity index (χ4v) is 9.94. The molecule has 2 aromatic rings. The second-order valence-electron chi connectivity index (χ2n) is 17.9. The first-order chi connectivity index (χ1) is 27.2. The number of rotatable bonds is 9. The number of alkyl halides is 1. The summed E-state index contributed by atoms with van der Waals surface area (Å²) in [6.07, 6.45) is 3.58. The Morgan fingerprint density at radius 1 is 1.14 bits per heavy atom. The zero-order chi connectivity index (χ0) is 42.5. The molecule has 6 rings (SSSR count). The second-order valence-corrected chi connectivity index (χ2v) is 19.9. The minimum Gasteiger partial charge on any atom is -0.497 e. The number of amides is 4. The van der Waals surface area contributed by atoms with E-state index in [-0.39, 0.29) is 44.0 Å². The van der Waals surface area contributed by atoms with Gasteiger partial charge in [-0.05, 0) is 101 Å². The van der Waals surface area contributed by atoms with Crippen LogP contribution in [0.3, 0.4) is 0 Å². The number of sulfonamides is 1. The normalized spacial score (nSPS) is 29.2. The van der Waals surface area contributed by atoms with E-state index in [0.717, 1.165) is 10.3 Å². The van der Waals surface area contributed by atoms with Crippen molar-refractivity contribution >= 4 is 50.4 Å². The highest BCUT2D eigenvalue weighted by molar-refractivity contribution is 7.91. The number of nitrogens with zero attached hydrogens (tertiary/aromatic N) is 4.